The molecule has 3 heteroatoms. The van der Waals surface area contributed by atoms with Crippen LogP contribution < -0.4 is 5.32 Å². The maximum atomic E-state index is 5.54. The van der Waals surface area contributed by atoms with Crippen molar-refractivity contribution in [3.63, 3.8) is 0 Å². The average Bonchev–Trinajstić information content (AvgIpc) is 2.38. The van der Waals surface area contributed by atoms with Crippen molar-refractivity contribution in [2.75, 3.05) is 40.5 Å². The number of nitrogens with one attached hydrogen (secondary N) is 1. The molecule has 1 rings (SSSR count). The molecular weight excluding hydrogens is 226 g/mol. The van der Waals surface area contributed by atoms with Crippen molar-refractivity contribution in [1.82, 2.24) is 5.32 Å². The van der Waals surface area contributed by atoms with Crippen molar-refractivity contribution >= 4 is 0 Å². The van der Waals surface area contributed by atoms with E-state index in [1.807, 2.05) is 7.05 Å². The Hall–Kier alpha value is -0.900. The lowest BCUT2D eigenvalue weighted by atomic mass is 9.95. The highest BCUT2D eigenvalue weighted by atomic mass is 16.5. The molecule has 0 radical (unpaired) electrons. The molecule has 0 heterocycles. The average molecular weight is 251 g/mol. The van der Waals surface area contributed by atoms with Gasteiger partial charge < -0.3 is 14.8 Å². The van der Waals surface area contributed by atoms with E-state index in [2.05, 4.69) is 36.5 Å². The minimum atomic E-state index is 0.512. The van der Waals surface area contributed by atoms with E-state index in [1.165, 1.54) is 11.1 Å². The minimum absolute atomic E-state index is 0.512. The first-order valence-corrected chi connectivity index (χ1v) is 6.55. The molecule has 0 saturated heterocycles. The standard InChI is InChI=1S/C15H25NO2/c1-13-4-6-14(7-5-13)15(12-16-2)8-9-18-11-10-17-3/h4-7,15-16H,8-12H2,1-3H3. The normalized spacial score (nSPS) is 12.6. The van der Waals surface area contributed by atoms with Gasteiger partial charge in [0.25, 0.3) is 0 Å². The summed E-state index contributed by atoms with van der Waals surface area (Å²) in [5, 5.41) is 3.25. The van der Waals surface area contributed by atoms with Crippen molar-refractivity contribution in [3.05, 3.63) is 35.4 Å². The Morgan fingerprint density at radius 1 is 1.11 bits per heavy atom. The number of ether oxygens (including phenoxy) is 2. The fraction of sp³-hybridized carbons (Fsp3) is 0.600. The summed E-state index contributed by atoms with van der Waals surface area (Å²) in [5.41, 5.74) is 2.68. The first-order chi connectivity index (χ1) is 8.77. The smallest absolute Gasteiger partial charge is 0.0700 e. The van der Waals surface area contributed by atoms with Gasteiger partial charge in [-0.05, 0) is 31.9 Å². The van der Waals surface area contributed by atoms with Crippen molar-refractivity contribution in [1.29, 1.82) is 0 Å². The van der Waals surface area contributed by atoms with Crippen LogP contribution in [0.5, 0.6) is 0 Å². The number of hydrogen-bond acceptors (Lipinski definition) is 3. The third-order valence-electron chi connectivity index (χ3n) is 3.04. The predicted molar refractivity (Wildman–Crippen MR) is 75.2 cm³/mol. The quantitative estimate of drug-likeness (QED) is 0.683. The van der Waals surface area contributed by atoms with E-state index in [4.69, 9.17) is 9.47 Å². The SMILES string of the molecule is CNCC(CCOCCOC)c1ccc(C)cc1. The first kappa shape index (κ1) is 15.2. The summed E-state index contributed by atoms with van der Waals surface area (Å²) in [5.74, 6) is 0.512. The molecule has 1 aromatic carbocycles. The van der Waals surface area contributed by atoms with Crippen LogP contribution in [0, 0.1) is 6.92 Å². The van der Waals surface area contributed by atoms with Crippen LogP contribution in [-0.2, 0) is 9.47 Å². The summed E-state index contributed by atoms with van der Waals surface area (Å²) in [6, 6.07) is 8.77. The minimum Gasteiger partial charge on any atom is -0.382 e. The molecule has 0 amide bonds. The third-order valence-corrected chi connectivity index (χ3v) is 3.04. The number of aryl methyl sites for hydroxylation is 1. The van der Waals surface area contributed by atoms with E-state index in [1.54, 1.807) is 7.11 Å². The molecule has 0 spiro atoms. The van der Waals surface area contributed by atoms with E-state index in [0.29, 0.717) is 19.1 Å². The van der Waals surface area contributed by atoms with Crippen LogP contribution in [0.25, 0.3) is 0 Å². The molecule has 1 aromatic rings. The van der Waals surface area contributed by atoms with Gasteiger partial charge in [0.1, 0.15) is 0 Å². The molecule has 18 heavy (non-hydrogen) atoms. The van der Waals surface area contributed by atoms with Crippen LogP contribution in [0.15, 0.2) is 24.3 Å². The number of likely N-dealkylation sites (N-methyl/N-ethyl adjacent to an activating group) is 1. The summed E-state index contributed by atoms with van der Waals surface area (Å²) < 4.78 is 10.5. The summed E-state index contributed by atoms with van der Waals surface area (Å²) in [7, 11) is 3.69. The number of hydrogen-bond donors (Lipinski definition) is 1. The Balaban J connectivity index is 2.41. The zero-order valence-electron chi connectivity index (χ0n) is 11.7. The topological polar surface area (TPSA) is 30.5 Å². The Morgan fingerprint density at radius 3 is 2.44 bits per heavy atom. The maximum Gasteiger partial charge on any atom is 0.0700 e. The molecule has 3 nitrogen and oxygen atoms in total. The van der Waals surface area contributed by atoms with Gasteiger partial charge in [0.2, 0.25) is 0 Å². The largest absolute Gasteiger partial charge is 0.382 e. The predicted octanol–water partition coefficient (Wildman–Crippen LogP) is 2.35. The summed E-state index contributed by atoms with van der Waals surface area (Å²) >= 11 is 0. The molecule has 102 valence electrons. The van der Waals surface area contributed by atoms with E-state index in [0.717, 1.165) is 19.6 Å². The summed E-state index contributed by atoms with van der Waals surface area (Å²) in [6.45, 7) is 5.23. The lowest BCUT2D eigenvalue weighted by Gasteiger charge is -2.17. The molecule has 1 unspecified atom stereocenters. The Labute approximate surface area is 110 Å². The van der Waals surface area contributed by atoms with Gasteiger partial charge in [-0.2, -0.15) is 0 Å². The van der Waals surface area contributed by atoms with E-state index in [-0.39, 0.29) is 0 Å². The second kappa shape index (κ2) is 9.09. The van der Waals surface area contributed by atoms with Gasteiger partial charge in [-0.1, -0.05) is 29.8 Å². The van der Waals surface area contributed by atoms with Crippen molar-refractivity contribution < 1.29 is 9.47 Å². The zero-order chi connectivity index (χ0) is 13.2. The highest BCUT2D eigenvalue weighted by Gasteiger charge is 2.10. The van der Waals surface area contributed by atoms with Crippen LogP contribution >= 0.6 is 0 Å². The summed E-state index contributed by atoms with van der Waals surface area (Å²) in [4.78, 5) is 0. The van der Waals surface area contributed by atoms with Gasteiger partial charge in [0.05, 0.1) is 13.2 Å². The van der Waals surface area contributed by atoms with Gasteiger partial charge in [-0.15, -0.1) is 0 Å². The second-order valence-corrected chi connectivity index (χ2v) is 4.56. The number of rotatable bonds is 9. The molecule has 0 aliphatic heterocycles. The molecule has 0 saturated carbocycles. The Bertz CT molecular complexity index is 311. The first-order valence-electron chi connectivity index (χ1n) is 6.55. The molecule has 0 bridgehead atoms. The van der Waals surface area contributed by atoms with Crippen LogP contribution in [0.1, 0.15) is 23.5 Å². The molecule has 1 N–H and O–H groups in total. The third kappa shape index (κ3) is 5.63. The van der Waals surface area contributed by atoms with Crippen LogP contribution in [0.4, 0.5) is 0 Å². The molecule has 0 aliphatic carbocycles. The van der Waals surface area contributed by atoms with E-state index >= 15 is 0 Å². The fourth-order valence-electron chi connectivity index (χ4n) is 1.94. The molecule has 1 atom stereocenters. The Kier molecular flexibility index (Phi) is 7.65. The van der Waals surface area contributed by atoms with Gasteiger partial charge in [-0.25, -0.2) is 0 Å². The number of benzene rings is 1. The van der Waals surface area contributed by atoms with Gasteiger partial charge in [0, 0.05) is 20.3 Å². The molecule has 0 aliphatic rings. The van der Waals surface area contributed by atoms with Gasteiger partial charge in [-0.3, -0.25) is 0 Å². The maximum absolute atomic E-state index is 5.54. The molecule has 0 fully saturated rings. The van der Waals surface area contributed by atoms with Crippen LogP contribution in [-0.4, -0.2) is 40.5 Å². The van der Waals surface area contributed by atoms with Crippen LogP contribution in [0.3, 0.4) is 0 Å². The second-order valence-electron chi connectivity index (χ2n) is 4.56. The monoisotopic (exact) mass is 251 g/mol. The fourth-order valence-corrected chi connectivity index (χ4v) is 1.94. The van der Waals surface area contributed by atoms with Crippen molar-refractivity contribution in [2.24, 2.45) is 0 Å². The van der Waals surface area contributed by atoms with Crippen molar-refractivity contribution in [2.45, 2.75) is 19.3 Å². The highest BCUT2D eigenvalue weighted by molar-refractivity contribution is 5.24. The van der Waals surface area contributed by atoms with E-state index in [9.17, 15) is 0 Å². The molecular formula is C15H25NO2. The molecule has 0 aromatic heterocycles. The zero-order valence-corrected chi connectivity index (χ0v) is 11.7. The lowest BCUT2D eigenvalue weighted by molar-refractivity contribution is 0.0670. The summed E-state index contributed by atoms with van der Waals surface area (Å²) in [6.07, 6.45) is 1.04. The van der Waals surface area contributed by atoms with Gasteiger partial charge in [0.15, 0.2) is 0 Å². The van der Waals surface area contributed by atoms with Crippen molar-refractivity contribution in [3.8, 4) is 0 Å². The lowest BCUT2D eigenvalue weighted by Crippen LogP contribution is -2.19. The van der Waals surface area contributed by atoms with Crippen LogP contribution in [0.2, 0.25) is 0 Å². The number of methoxy groups -OCH3 is 1. The van der Waals surface area contributed by atoms with Gasteiger partial charge >= 0.3 is 0 Å². The van der Waals surface area contributed by atoms with E-state index < -0.39 is 0 Å². The Morgan fingerprint density at radius 2 is 1.83 bits per heavy atom. The highest BCUT2D eigenvalue weighted by Crippen LogP contribution is 2.19.